The standard InChI is InChI=1S/C19H17ClO5/c1-2-23-19(22)13-24-17-10-8-14(12-16(17)20)9-11-18(21)25-15-6-4-3-5-7-15/h3-12H,2,13H2,1H3. The molecule has 0 N–H and O–H groups in total. The molecule has 130 valence electrons. The average Bonchev–Trinajstić information content (AvgIpc) is 2.60. The second-order valence-corrected chi connectivity index (χ2v) is 5.26. The second-order valence-electron chi connectivity index (χ2n) is 4.85. The molecule has 0 atom stereocenters. The molecule has 25 heavy (non-hydrogen) atoms. The largest absolute Gasteiger partial charge is 0.480 e. The van der Waals surface area contributed by atoms with Gasteiger partial charge in [0, 0.05) is 6.08 Å². The van der Waals surface area contributed by atoms with Gasteiger partial charge in [-0.3, -0.25) is 0 Å². The van der Waals surface area contributed by atoms with Gasteiger partial charge in [0.15, 0.2) is 6.61 Å². The number of carbonyl (C=O) groups is 2. The number of hydrogen-bond donors (Lipinski definition) is 0. The van der Waals surface area contributed by atoms with E-state index in [-0.39, 0.29) is 6.61 Å². The van der Waals surface area contributed by atoms with Crippen molar-refractivity contribution in [1.82, 2.24) is 0 Å². The summed E-state index contributed by atoms with van der Waals surface area (Å²) < 4.78 is 15.2. The highest BCUT2D eigenvalue weighted by Crippen LogP contribution is 2.26. The van der Waals surface area contributed by atoms with E-state index in [1.165, 1.54) is 6.08 Å². The molecule has 0 aromatic heterocycles. The van der Waals surface area contributed by atoms with Crippen molar-refractivity contribution in [2.24, 2.45) is 0 Å². The van der Waals surface area contributed by atoms with E-state index in [4.69, 9.17) is 25.8 Å². The van der Waals surface area contributed by atoms with Crippen LogP contribution in [0.15, 0.2) is 54.6 Å². The molecule has 0 aliphatic heterocycles. The summed E-state index contributed by atoms with van der Waals surface area (Å²) >= 11 is 6.11. The lowest BCUT2D eigenvalue weighted by Crippen LogP contribution is -2.14. The quantitative estimate of drug-likeness (QED) is 0.425. The van der Waals surface area contributed by atoms with Crippen LogP contribution in [0, 0.1) is 0 Å². The van der Waals surface area contributed by atoms with Gasteiger partial charge >= 0.3 is 11.9 Å². The molecule has 5 nitrogen and oxygen atoms in total. The molecule has 2 rings (SSSR count). The SMILES string of the molecule is CCOC(=O)COc1ccc(C=CC(=O)Oc2ccccc2)cc1Cl. The predicted molar refractivity (Wildman–Crippen MR) is 94.7 cm³/mol. The Kier molecular flexibility index (Phi) is 7.04. The Bertz CT molecular complexity index is 756. The van der Waals surface area contributed by atoms with Gasteiger partial charge in [0.25, 0.3) is 0 Å². The number of hydrogen-bond acceptors (Lipinski definition) is 5. The van der Waals surface area contributed by atoms with Crippen molar-refractivity contribution in [2.45, 2.75) is 6.92 Å². The summed E-state index contributed by atoms with van der Waals surface area (Å²) in [4.78, 5) is 23.0. The van der Waals surface area contributed by atoms with Crippen LogP contribution in [0.25, 0.3) is 6.08 Å². The zero-order valence-electron chi connectivity index (χ0n) is 13.6. The molecular formula is C19H17ClO5. The monoisotopic (exact) mass is 360 g/mol. The molecule has 0 saturated carbocycles. The van der Waals surface area contributed by atoms with E-state index in [1.54, 1.807) is 55.5 Å². The fraction of sp³-hybridized carbons (Fsp3) is 0.158. The van der Waals surface area contributed by atoms with Crippen LogP contribution in [-0.2, 0) is 14.3 Å². The van der Waals surface area contributed by atoms with Crippen molar-refractivity contribution in [3.05, 3.63) is 65.2 Å². The zero-order valence-corrected chi connectivity index (χ0v) is 14.4. The van der Waals surface area contributed by atoms with E-state index in [0.29, 0.717) is 28.7 Å². The van der Waals surface area contributed by atoms with E-state index < -0.39 is 11.9 Å². The van der Waals surface area contributed by atoms with Gasteiger partial charge in [0.2, 0.25) is 0 Å². The Morgan fingerprint density at radius 3 is 2.56 bits per heavy atom. The van der Waals surface area contributed by atoms with Crippen molar-refractivity contribution < 1.29 is 23.8 Å². The normalized spacial score (nSPS) is 10.5. The molecule has 0 fully saturated rings. The molecule has 0 spiro atoms. The molecule has 0 aliphatic rings. The Labute approximate surface area is 150 Å². The number of esters is 2. The van der Waals surface area contributed by atoms with Crippen LogP contribution in [-0.4, -0.2) is 25.2 Å². The first-order valence-electron chi connectivity index (χ1n) is 7.61. The predicted octanol–water partition coefficient (Wildman–Crippen LogP) is 3.90. The van der Waals surface area contributed by atoms with Gasteiger partial charge in [-0.25, -0.2) is 9.59 Å². The molecule has 0 radical (unpaired) electrons. The Morgan fingerprint density at radius 2 is 1.88 bits per heavy atom. The van der Waals surface area contributed by atoms with Crippen molar-refractivity contribution in [1.29, 1.82) is 0 Å². The molecule has 0 aliphatic carbocycles. The van der Waals surface area contributed by atoms with Crippen molar-refractivity contribution in [2.75, 3.05) is 13.2 Å². The van der Waals surface area contributed by atoms with Crippen LogP contribution in [0.5, 0.6) is 11.5 Å². The summed E-state index contributed by atoms with van der Waals surface area (Å²) in [6, 6.07) is 13.7. The van der Waals surface area contributed by atoms with Crippen LogP contribution in [0.4, 0.5) is 0 Å². The smallest absolute Gasteiger partial charge is 0.344 e. The molecule has 0 bridgehead atoms. The lowest BCUT2D eigenvalue weighted by molar-refractivity contribution is -0.145. The van der Waals surface area contributed by atoms with Gasteiger partial charge in [-0.05, 0) is 42.8 Å². The minimum absolute atomic E-state index is 0.216. The number of rotatable bonds is 7. The van der Waals surface area contributed by atoms with Crippen LogP contribution < -0.4 is 9.47 Å². The fourth-order valence-electron chi connectivity index (χ4n) is 1.88. The fourth-order valence-corrected chi connectivity index (χ4v) is 2.12. The Balaban J connectivity index is 1.93. The average molecular weight is 361 g/mol. The number of halogens is 1. The summed E-state index contributed by atoms with van der Waals surface area (Å²) in [5, 5.41) is 0.322. The highest BCUT2D eigenvalue weighted by atomic mass is 35.5. The van der Waals surface area contributed by atoms with Crippen molar-refractivity contribution in [3.8, 4) is 11.5 Å². The summed E-state index contributed by atoms with van der Waals surface area (Å²) in [6.07, 6.45) is 2.88. The first-order chi connectivity index (χ1) is 12.1. The molecular weight excluding hydrogens is 344 g/mol. The van der Waals surface area contributed by atoms with E-state index in [9.17, 15) is 9.59 Å². The van der Waals surface area contributed by atoms with Crippen LogP contribution in [0.2, 0.25) is 5.02 Å². The molecule has 0 heterocycles. The highest BCUT2D eigenvalue weighted by molar-refractivity contribution is 6.32. The summed E-state index contributed by atoms with van der Waals surface area (Å²) in [5.74, 6) is -0.132. The molecule has 2 aromatic carbocycles. The maximum Gasteiger partial charge on any atom is 0.344 e. The Morgan fingerprint density at radius 1 is 1.12 bits per heavy atom. The van der Waals surface area contributed by atoms with Gasteiger partial charge in [-0.1, -0.05) is 35.9 Å². The maximum atomic E-state index is 11.8. The lowest BCUT2D eigenvalue weighted by Gasteiger charge is -2.08. The minimum Gasteiger partial charge on any atom is -0.480 e. The van der Waals surface area contributed by atoms with Gasteiger partial charge in [0.05, 0.1) is 11.6 Å². The van der Waals surface area contributed by atoms with Gasteiger partial charge in [-0.15, -0.1) is 0 Å². The molecule has 0 amide bonds. The first kappa shape index (κ1) is 18.5. The topological polar surface area (TPSA) is 61.8 Å². The molecule has 0 unspecified atom stereocenters. The van der Waals surface area contributed by atoms with E-state index in [0.717, 1.165) is 0 Å². The zero-order chi connectivity index (χ0) is 18.1. The number of para-hydroxylation sites is 1. The lowest BCUT2D eigenvalue weighted by atomic mass is 10.2. The first-order valence-corrected chi connectivity index (χ1v) is 7.99. The molecule has 0 saturated heterocycles. The third-order valence-electron chi connectivity index (χ3n) is 2.98. The number of benzene rings is 2. The van der Waals surface area contributed by atoms with Crippen LogP contribution >= 0.6 is 11.6 Å². The van der Waals surface area contributed by atoms with Crippen molar-refractivity contribution >= 4 is 29.6 Å². The van der Waals surface area contributed by atoms with Gasteiger partial charge in [0.1, 0.15) is 11.5 Å². The summed E-state index contributed by atoms with van der Waals surface area (Å²) in [5.41, 5.74) is 0.693. The number of carbonyl (C=O) groups excluding carboxylic acids is 2. The van der Waals surface area contributed by atoms with Crippen LogP contribution in [0.1, 0.15) is 12.5 Å². The summed E-state index contributed by atoms with van der Waals surface area (Å²) in [6.45, 7) is 1.79. The highest BCUT2D eigenvalue weighted by Gasteiger charge is 2.07. The second kappa shape index (κ2) is 9.49. The third-order valence-corrected chi connectivity index (χ3v) is 3.28. The van der Waals surface area contributed by atoms with Gasteiger partial charge < -0.3 is 14.2 Å². The maximum absolute atomic E-state index is 11.8. The summed E-state index contributed by atoms with van der Waals surface area (Å²) in [7, 11) is 0. The molecule has 6 heteroatoms. The van der Waals surface area contributed by atoms with E-state index in [1.807, 2.05) is 6.07 Å². The van der Waals surface area contributed by atoms with Crippen LogP contribution in [0.3, 0.4) is 0 Å². The van der Waals surface area contributed by atoms with Crippen molar-refractivity contribution in [3.63, 3.8) is 0 Å². The van der Waals surface area contributed by atoms with Gasteiger partial charge in [-0.2, -0.15) is 0 Å². The van der Waals surface area contributed by atoms with E-state index >= 15 is 0 Å². The Hall–Kier alpha value is -2.79. The number of ether oxygens (including phenoxy) is 3. The molecule has 2 aromatic rings. The minimum atomic E-state index is -0.495. The van der Waals surface area contributed by atoms with E-state index in [2.05, 4.69) is 0 Å². The third kappa shape index (κ3) is 6.31.